The third-order valence-electron chi connectivity index (χ3n) is 3.72. The molecule has 3 heterocycles. The fourth-order valence-electron chi connectivity index (χ4n) is 2.71. The average Bonchev–Trinajstić information content (AvgIpc) is 2.96. The molecule has 1 aliphatic rings. The number of hydrogen-bond acceptors (Lipinski definition) is 4. The molecule has 1 amide bonds. The van der Waals surface area contributed by atoms with E-state index in [-0.39, 0.29) is 12.0 Å². The van der Waals surface area contributed by atoms with E-state index in [4.69, 9.17) is 16.3 Å². The second-order valence-electron chi connectivity index (χ2n) is 5.10. The zero-order valence-corrected chi connectivity index (χ0v) is 12.6. The van der Waals surface area contributed by atoms with Gasteiger partial charge in [0.2, 0.25) is 0 Å². The van der Waals surface area contributed by atoms with Crippen LogP contribution in [0.25, 0.3) is 5.65 Å². The maximum absolute atomic E-state index is 11.9. The Labute approximate surface area is 127 Å². The molecule has 0 bridgehead atoms. The van der Waals surface area contributed by atoms with Crippen LogP contribution in [0, 0.1) is 0 Å². The smallest absolute Gasteiger partial charge is 0.409 e. The molecule has 0 aliphatic carbocycles. The number of carbonyl (C=O) groups is 1. The van der Waals surface area contributed by atoms with Crippen molar-refractivity contribution in [3.8, 4) is 0 Å². The van der Waals surface area contributed by atoms with Crippen molar-refractivity contribution in [3.63, 3.8) is 0 Å². The molecule has 112 valence electrons. The molecule has 2 aromatic rings. The minimum atomic E-state index is -0.253. The van der Waals surface area contributed by atoms with E-state index in [9.17, 15) is 4.79 Å². The van der Waals surface area contributed by atoms with Crippen LogP contribution >= 0.6 is 11.6 Å². The van der Waals surface area contributed by atoms with Gasteiger partial charge < -0.3 is 14.0 Å². The van der Waals surface area contributed by atoms with E-state index in [0.717, 1.165) is 25.1 Å². The molecule has 0 N–H and O–H groups in total. The van der Waals surface area contributed by atoms with Crippen LogP contribution in [0.3, 0.4) is 0 Å². The van der Waals surface area contributed by atoms with Gasteiger partial charge in [0.25, 0.3) is 0 Å². The molecular formula is C14H17ClN4O2. The summed E-state index contributed by atoms with van der Waals surface area (Å²) >= 11 is 6.17. The number of piperidine rings is 1. The Morgan fingerprint density at radius 2 is 2.43 bits per heavy atom. The summed E-state index contributed by atoms with van der Waals surface area (Å²) in [7, 11) is 0. The molecule has 1 unspecified atom stereocenters. The van der Waals surface area contributed by atoms with Gasteiger partial charge in [-0.05, 0) is 19.8 Å². The molecular weight excluding hydrogens is 292 g/mol. The second kappa shape index (κ2) is 5.89. The van der Waals surface area contributed by atoms with Crippen LogP contribution in [0.2, 0.25) is 5.15 Å². The lowest BCUT2D eigenvalue weighted by Gasteiger charge is -2.31. The molecule has 1 aliphatic heterocycles. The van der Waals surface area contributed by atoms with Crippen molar-refractivity contribution in [2.24, 2.45) is 0 Å². The number of rotatable bonds is 2. The molecule has 3 rings (SSSR count). The third-order valence-corrected chi connectivity index (χ3v) is 3.97. The number of ether oxygens (including phenoxy) is 1. The molecule has 6 nitrogen and oxygen atoms in total. The number of carbonyl (C=O) groups excluding carboxylic acids is 1. The predicted molar refractivity (Wildman–Crippen MR) is 78.6 cm³/mol. The Morgan fingerprint density at radius 1 is 1.57 bits per heavy atom. The Hall–Kier alpha value is -1.82. The molecule has 1 saturated heterocycles. The number of nitrogens with zero attached hydrogens (tertiary/aromatic N) is 4. The molecule has 0 spiro atoms. The lowest BCUT2D eigenvalue weighted by molar-refractivity contribution is 0.0955. The van der Waals surface area contributed by atoms with Gasteiger partial charge in [0.1, 0.15) is 0 Å². The van der Waals surface area contributed by atoms with Crippen molar-refractivity contribution in [2.75, 3.05) is 19.7 Å². The first-order chi connectivity index (χ1) is 10.2. The largest absolute Gasteiger partial charge is 0.450 e. The van der Waals surface area contributed by atoms with Gasteiger partial charge in [-0.1, -0.05) is 11.6 Å². The average molecular weight is 309 g/mol. The maximum Gasteiger partial charge on any atom is 0.409 e. The topological polar surface area (TPSA) is 59.7 Å². The summed E-state index contributed by atoms with van der Waals surface area (Å²) in [6.45, 7) is 3.55. The first-order valence-electron chi connectivity index (χ1n) is 7.10. The summed E-state index contributed by atoms with van der Waals surface area (Å²) in [5.41, 5.74) is 1.54. The van der Waals surface area contributed by atoms with Gasteiger partial charge >= 0.3 is 6.09 Å². The first-order valence-corrected chi connectivity index (χ1v) is 7.47. The van der Waals surface area contributed by atoms with Gasteiger partial charge in [-0.2, -0.15) is 0 Å². The zero-order chi connectivity index (χ0) is 14.8. The van der Waals surface area contributed by atoms with Crippen molar-refractivity contribution in [1.29, 1.82) is 0 Å². The van der Waals surface area contributed by atoms with E-state index in [1.54, 1.807) is 11.1 Å². The number of amides is 1. The number of likely N-dealkylation sites (tertiary alicyclic amines) is 1. The van der Waals surface area contributed by atoms with Crippen LogP contribution in [-0.2, 0) is 4.74 Å². The Balaban J connectivity index is 1.82. The Kier molecular flexibility index (Phi) is 3.96. The van der Waals surface area contributed by atoms with Gasteiger partial charge in [0, 0.05) is 37.6 Å². The fourth-order valence-corrected chi connectivity index (χ4v) is 2.95. The molecule has 1 fully saturated rings. The Morgan fingerprint density at radius 3 is 3.24 bits per heavy atom. The van der Waals surface area contributed by atoms with E-state index in [2.05, 4.69) is 9.97 Å². The van der Waals surface area contributed by atoms with Crippen molar-refractivity contribution >= 4 is 23.3 Å². The summed E-state index contributed by atoms with van der Waals surface area (Å²) in [4.78, 5) is 22.2. The van der Waals surface area contributed by atoms with Gasteiger partial charge in [-0.3, -0.25) is 0 Å². The van der Waals surface area contributed by atoms with Gasteiger partial charge in [0.05, 0.1) is 12.3 Å². The lowest BCUT2D eigenvalue weighted by Crippen LogP contribution is -2.39. The summed E-state index contributed by atoms with van der Waals surface area (Å²) in [5.74, 6) is 0.174. The highest BCUT2D eigenvalue weighted by molar-refractivity contribution is 6.32. The van der Waals surface area contributed by atoms with Crippen LogP contribution in [0.5, 0.6) is 0 Å². The van der Waals surface area contributed by atoms with Crippen LogP contribution in [0.1, 0.15) is 31.4 Å². The monoisotopic (exact) mass is 308 g/mol. The summed E-state index contributed by atoms with van der Waals surface area (Å²) < 4.78 is 6.94. The summed E-state index contributed by atoms with van der Waals surface area (Å²) in [6.07, 6.45) is 7.14. The highest BCUT2D eigenvalue weighted by Gasteiger charge is 2.27. The van der Waals surface area contributed by atoms with Crippen molar-refractivity contribution in [2.45, 2.75) is 25.7 Å². The minimum absolute atomic E-state index is 0.174. The molecule has 21 heavy (non-hydrogen) atoms. The van der Waals surface area contributed by atoms with Gasteiger partial charge in [-0.25, -0.2) is 14.8 Å². The summed E-state index contributed by atoms with van der Waals surface area (Å²) in [6, 6.07) is 0. The van der Waals surface area contributed by atoms with Crippen LogP contribution in [0.15, 0.2) is 18.6 Å². The van der Waals surface area contributed by atoms with Gasteiger partial charge in [-0.15, -0.1) is 0 Å². The van der Waals surface area contributed by atoms with Crippen molar-refractivity contribution < 1.29 is 9.53 Å². The van der Waals surface area contributed by atoms with Crippen molar-refractivity contribution in [3.05, 3.63) is 29.4 Å². The van der Waals surface area contributed by atoms with E-state index in [1.807, 2.05) is 23.7 Å². The minimum Gasteiger partial charge on any atom is -0.450 e. The maximum atomic E-state index is 11.9. The molecule has 7 heteroatoms. The van der Waals surface area contributed by atoms with E-state index in [0.29, 0.717) is 24.0 Å². The zero-order valence-electron chi connectivity index (χ0n) is 11.8. The van der Waals surface area contributed by atoms with Crippen LogP contribution in [-0.4, -0.2) is 45.1 Å². The van der Waals surface area contributed by atoms with E-state index < -0.39 is 0 Å². The molecule has 0 saturated carbocycles. The number of imidazole rings is 1. The number of halogens is 1. The number of hydrogen-bond donors (Lipinski definition) is 0. The number of fused-ring (bicyclic) bond motifs is 1. The van der Waals surface area contributed by atoms with Crippen molar-refractivity contribution in [1.82, 2.24) is 19.3 Å². The number of aromatic nitrogens is 3. The van der Waals surface area contributed by atoms with E-state index >= 15 is 0 Å². The fraction of sp³-hybridized carbons (Fsp3) is 0.500. The lowest BCUT2D eigenvalue weighted by atomic mass is 9.95. The molecule has 0 aromatic carbocycles. The summed E-state index contributed by atoms with van der Waals surface area (Å²) in [5, 5.41) is 0.394. The van der Waals surface area contributed by atoms with Crippen LogP contribution < -0.4 is 0 Å². The third kappa shape index (κ3) is 2.81. The second-order valence-corrected chi connectivity index (χ2v) is 5.46. The van der Waals surface area contributed by atoms with E-state index in [1.165, 1.54) is 0 Å². The standard InChI is InChI=1S/C14H17ClN4O2/c1-2-21-14(20)19-6-3-4-10(8-19)11-9-18-7-5-16-13(18)12(15)17-11/h5,7,9-10H,2-4,6,8H2,1H3. The Bertz CT molecular complexity index is 657. The predicted octanol–water partition coefficient (Wildman–Crippen LogP) is 2.72. The molecule has 2 aromatic heterocycles. The molecule has 1 atom stereocenters. The van der Waals surface area contributed by atoms with Gasteiger partial charge in [0.15, 0.2) is 10.8 Å². The highest BCUT2D eigenvalue weighted by Crippen LogP contribution is 2.27. The first kappa shape index (κ1) is 14.1. The SMILES string of the molecule is CCOC(=O)N1CCCC(c2cn3ccnc3c(Cl)n2)C1. The normalized spacial score (nSPS) is 19.0. The molecule has 0 radical (unpaired) electrons. The van der Waals surface area contributed by atoms with Crippen LogP contribution in [0.4, 0.5) is 4.79 Å². The quantitative estimate of drug-likeness (QED) is 0.856. The highest BCUT2D eigenvalue weighted by atomic mass is 35.5.